The lowest BCUT2D eigenvalue weighted by Crippen LogP contribution is -2.02. The monoisotopic (exact) mass is 411 g/mol. The van der Waals surface area contributed by atoms with Gasteiger partial charge in [0.15, 0.2) is 0 Å². The molecular formula is C15H8BrCl2N3O2. The SMILES string of the molecule is O=[N+]([O-])c1cc(Cl)c(-n2nccc2-c2ccc(Br)cc2)c(Cl)c1. The predicted octanol–water partition coefficient (Wildman–Crippen LogP) is 5.52. The predicted molar refractivity (Wildman–Crippen MR) is 93.4 cm³/mol. The number of nitrogens with zero attached hydrogens (tertiary/aromatic N) is 3. The van der Waals surface area contributed by atoms with Crippen LogP contribution in [-0.2, 0) is 0 Å². The number of non-ortho nitro benzene ring substituents is 1. The van der Waals surface area contributed by atoms with Crippen LogP contribution in [0.5, 0.6) is 0 Å². The minimum absolute atomic E-state index is 0.159. The Labute approximate surface area is 149 Å². The first kappa shape index (κ1) is 16.0. The van der Waals surface area contributed by atoms with Crippen molar-refractivity contribution < 1.29 is 4.92 Å². The topological polar surface area (TPSA) is 61.0 Å². The fourth-order valence-corrected chi connectivity index (χ4v) is 3.08. The average molecular weight is 413 g/mol. The lowest BCUT2D eigenvalue weighted by atomic mass is 10.1. The van der Waals surface area contributed by atoms with Gasteiger partial charge in [-0.2, -0.15) is 5.10 Å². The molecule has 8 heteroatoms. The van der Waals surface area contributed by atoms with Gasteiger partial charge in [0.1, 0.15) is 5.69 Å². The van der Waals surface area contributed by atoms with Gasteiger partial charge >= 0.3 is 0 Å². The van der Waals surface area contributed by atoms with E-state index in [1.807, 2.05) is 30.3 Å². The number of halogens is 3. The van der Waals surface area contributed by atoms with Crippen molar-refractivity contribution in [2.75, 3.05) is 0 Å². The van der Waals surface area contributed by atoms with Crippen LogP contribution < -0.4 is 0 Å². The zero-order valence-corrected chi connectivity index (χ0v) is 14.5. The quantitative estimate of drug-likeness (QED) is 0.420. The van der Waals surface area contributed by atoms with Gasteiger partial charge in [-0.1, -0.05) is 51.3 Å². The van der Waals surface area contributed by atoms with E-state index in [0.717, 1.165) is 15.7 Å². The molecule has 1 heterocycles. The molecule has 0 saturated carbocycles. The molecule has 0 N–H and O–H groups in total. The molecule has 0 aliphatic rings. The van der Waals surface area contributed by atoms with Gasteiger partial charge in [0.25, 0.3) is 5.69 Å². The molecule has 0 fully saturated rings. The Kier molecular flexibility index (Phi) is 4.39. The smallest absolute Gasteiger partial charge is 0.258 e. The summed E-state index contributed by atoms with van der Waals surface area (Å²) in [6.07, 6.45) is 1.62. The van der Waals surface area contributed by atoms with E-state index in [1.165, 1.54) is 12.1 Å². The maximum Gasteiger partial charge on any atom is 0.272 e. The number of rotatable bonds is 3. The van der Waals surface area contributed by atoms with Crippen molar-refractivity contribution in [3.63, 3.8) is 0 Å². The molecule has 0 aliphatic carbocycles. The summed E-state index contributed by atoms with van der Waals surface area (Å²) in [6, 6.07) is 12.0. The Morgan fingerprint density at radius 3 is 2.26 bits per heavy atom. The summed E-state index contributed by atoms with van der Waals surface area (Å²) in [5, 5.41) is 15.4. The molecule has 116 valence electrons. The van der Waals surface area contributed by atoms with Crippen molar-refractivity contribution in [3.05, 3.63) is 73.3 Å². The van der Waals surface area contributed by atoms with Crippen molar-refractivity contribution in [1.29, 1.82) is 0 Å². The first-order chi connectivity index (χ1) is 11.0. The molecule has 3 aromatic rings. The van der Waals surface area contributed by atoms with Crippen molar-refractivity contribution in [2.45, 2.75) is 0 Å². The van der Waals surface area contributed by atoms with Gasteiger partial charge in [-0.25, -0.2) is 4.68 Å². The summed E-state index contributed by atoms with van der Waals surface area (Å²) in [5.41, 5.74) is 1.93. The third-order valence-electron chi connectivity index (χ3n) is 3.21. The molecule has 23 heavy (non-hydrogen) atoms. The number of nitro benzene ring substituents is 1. The molecule has 5 nitrogen and oxygen atoms in total. The van der Waals surface area contributed by atoms with Crippen molar-refractivity contribution in [1.82, 2.24) is 9.78 Å². The maximum absolute atomic E-state index is 10.9. The van der Waals surface area contributed by atoms with Crippen molar-refractivity contribution in [2.24, 2.45) is 0 Å². The largest absolute Gasteiger partial charge is 0.272 e. The second-order valence-corrected chi connectivity index (χ2v) is 6.38. The second kappa shape index (κ2) is 6.31. The van der Waals surface area contributed by atoms with Crippen molar-refractivity contribution >= 4 is 44.8 Å². The third-order valence-corrected chi connectivity index (χ3v) is 4.31. The summed E-state index contributed by atoms with van der Waals surface area (Å²) in [6.45, 7) is 0. The molecule has 0 radical (unpaired) electrons. The molecule has 0 bridgehead atoms. The van der Waals surface area contributed by atoms with E-state index in [4.69, 9.17) is 23.2 Å². The molecule has 0 saturated heterocycles. The van der Waals surface area contributed by atoms with E-state index in [0.29, 0.717) is 5.69 Å². The van der Waals surface area contributed by atoms with Crippen LogP contribution in [-0.4, -0.2) is 14.7 Å². The Balaban J connectivity index is 2.16. The number of nitro groups is 1. The summed E-state index contributed by atoms with van der Waals surface area (Å²) in [4.78, 5) is 10.3. The summed E-state index contributed by atoms with van der Waals surface area (Å²) >= 11 is 15.8. The van der Waals surface area contributed by atoms with Gasteiger partial charge < -0.3 is 0 Å². The lowest BCUT2D eigenvalue weighted by molar-refractivity contribution is -0.384. The van der Waals surface area contributed by atoms with Crippen LogP contribution in [0.25, 0.3) is 16.9 Å². The molecule has 2 aromatic carbocycles. The normalized spacial score (nSPS) is 10.7. The molecule has 0 spiro atoms. The second-order valence-electron chi connectivity index (χ2n) is 4.65. The zero-order valence-electron chi connectivity index (χ0n) is 11.4. The summed E-state index contributed by atoms with van der Waals surface area (Å²) in [7, 11) is 0. The van der Waals surface area contributed by atoms with Crippen LogP contribution in [0.3, 0.4) is 0 Å². The zero-order chi connectivity index (χ0) is 16.6. The molecule has 0 unspecified atom stereocenters. The van der Waals surface area contributed by atoms with E-state index in [-0.39, 0.29) is 15.7 Å². The molecule has 0 amide bonds. The fourth-order valence-electron chi connectivity index (χ4n) is 2.18. The Hall–Kier alpha value is -1.89. The van der Waals surface area contributed by atoms with E-state index >= 15 is 0 Å². The average Bonchev–Trinajstić information content (AvgIpc) is 2.96. The van der Waals surface area contributed by atoms with Crippen LogP contribution in [0.2, 0.25) is 10.0 Å². The van der Waals surface area contributed by atoms with Gasteiger partial charge in [0.2, 0.25) is 0 Å². The van der Waals surface area contributed by atoms with Gasteiger partial charge in [0.05, 0.1) is 26.9 Å². The van der Waals surface area contributed by atoms with E-state index < -0.39 is 4.92 Å². The number of aromatic nitrogens is 2. The minimum atomic E-state index is -0.541. The van der Waals surface area contributed by atoms with Crippen LogP contribution in [0.15, 0.2) is 53.1 Å². The first-order valence-corrected chi connectivity index (χ1v) is 7.96. The lowest BCUT2D eigenvalue weighted by Gasteiger charge is -2.11. The summed E-state index contributed by atoms with van der Waals surface area (Å²) < 4.78 is 2.52. The highest BCUT2D eigenvalue weighted by Crippen LogP contribution is 2.35. The Bertz CT molecular complexity index is 871. The number of benzene rings is 2. The molecule has 0 aliphatic heterocycles. The standard InChI is InChI=1S/C15H8BrCl2N3O2/c16-10-3-1-9(2-4-10)14-5-6-19-20(14)15-12(17)7-11(21(22)23)8-13(15)18/h1-8H. The highest BCUT2D eigenvalue weighted by molar-refractivity contribution is 9.10. The van der Waals surface area contributed by atoms with Gasteiger partial charge in [-0.15, -0.1) is 0 Å². The van der Waals surface area contributed by atoms with Crippen LogP contribution >= 0.6 is 39.1 Å². The van der Waals surface area contributed by atoms with E-state index in [1.54, 1.807) is 10.9 Å². The maximum atomic E-state index is 10.9. The Morgan fingerprint density at radius 1 is 1.09 bits per heavy atom. The van der Waals surface area contributed by atoms with Crippen LogP contribution in [0, 0.1) is 10.1 Å². The molecule has 0 atom stereocenters. The molecule has 3 rings (SSSR count). The van der Waals surface area contributed by atoms with Crippen LogP contribution in [0.1, 0.15) is 0 Å². The summed E-state index contributed by atoms with van der Waals surface area (Å²) in [5.74, 6) is 0. The number of hydrogen-bond donors (Lipinski definition) is 0. The van der Waals surface area contributed by atoms with E-state index in [9.17, 15) is 10.1 Å². The first-order valence-electron chi connectivity index (χ1n) is 6.41. The van der Waals surface area contributed by atoms with E-state index in [2.05, 4.69) is 21.0 Å². The minimum Gasteiger partial charge on any atom is -0.258 e. The molecular weight excluding hydrogens is 405 g/mol. The number of hydrogen-bond acceptors (Lipinski definition) is 3. The molecule has 1 aromatic heterocycles. The van der Waals surface area contributed by atoms with Gasteiger partial charge in [-0.05, 0) is 18.2 Å². The van der Waals surface area contributed by atoms with Gasteiger partial charge in [0, 0.05) is 22.2 Å². The fraction of sp³-hybridized carbons (Fsp3) is 0. The highest BCUT2D eigenvalue weighted by atomic mass is 79.9. The van der Waals surface area contributed by atoms with Crippen LogP contribution in [0.4, 0.5) is 5.69 Å². The van der Waals surface area contributed by atoms with Gasteiger partial charge in [-0.3, -0.25) is 10.1 Å². The Morgan fingerprint density at radius 2 is 1.70 bits per heavy atom. The highest BCUT2D eigenvalue weighted by Gasteiger charge is 2.18. The van der Waals surface area contributed by atoms with Crippen molar-refractivity contribution in [3.8, 4) is 16.9 Å². The third kappa shape index (κ3) is 3.10.